The molecule has 0 radical (unpaired) electrons. The average Bonchev–Trinajstić information content (AvgIpc) is 2.79. The fraction of sp³-hybridized carbons (Fsp3) is 0.192. The van der Waals surface area contributed by atoms with Crippen LogP contribution < -0.4 is 9.64 Å². The molecule has 6 heteroatoms. The molecule has 3 aromatic rings. The molecule has 2 unspecified atom stereocenters. The Hall–Kier alpha value is -3.64. The van der Waals surface area contributed by atoms with E-state index in [4.69, 9.17) is 4.74 Å². The van der Waals surface area contributed by atoms with Crippen LogP contribution in [0.5, 0.6) is 11.5 Å². The number of aromatic hydroxyl groups is 1. The Morgan fingerprint density at radius 3 is 2.41 bits per heavy atom. The minimum absolute atomic E-state index is 0.0114. The first-order valence-electron chi connectivity index (χ1n) is 10.3. The van der Waals surface area contributed by atoms with Crippen molar-refractivity contribution in [1.82, 2.24) is 0 Å². The molecule has 4 rings (SSSR count). The van der Waals surface area contributed by atoms with E-state index in [1.807, 2.05) is 35.2 Å². The summed E-state index contributed by atoms with van der Waals surface area (Å²) in [6.07, 6.45) is 0.805. The van der Waals surface area contributed by atoms with E-state index in [2.05, 4.69) is 0 Å². The van der Waals surface area contributed by atoms with Crippen LogP contribution in [0.3, 0.4) is 0 Å². The molecule has 0 aromatic heterocycles. The SMILES string of the molecule is COc1ccc(C2=Cc3ccc(F)cc3C(CC(=O)C(C)O)N2c2ccc(O)cc2)cc1. The molecular formula is C26H24FNO4. The summed E-state index contributed by atoms with van der Waals surface area (Å²) in [5.41, 5.74) is 3.87. The summed E-state index contributed by atoms with van der Waals surface area (Å²) < 4.78 is 19.5. The number of ether oxygens (including phenoxy) is 1. The molecule has 0 amide bonds. The fourth-order valence-corrected chi connectivity index (χ4v) is 3.97. The average molecular weight is 433 g/mol. The van der Waals surface area contributed by atoms with Crippen molar-refractivity contribution < 1.29 is 24.1 Å². The van der Waals surface area contributed by atoms with Crippen LogP contribution in [0.4, 0.5) is 10.1 Å². The number of benzene rings is 3. The van der Waals surface area contributed by atoms with Crippen LogP contribution in [0.1, 0.15) is 36.1 Å². The van der Waals surface area contributed by atoms with Gasteiger partial charge in [-0.1, -0.05) is 6.07 Å². The largest absolute Gasteiger partial charge is 0.508 e. The second-order valence-corrected chi connectivity index (χ2v) is 7.78. The van der Waals surface area contributed by atoms with E-state index in [1.165, 1.54) is 19.1 Å². The number of hydrogen-bond acceptors (Lipinski definition) is 5. The highest BCUT2D eigenvalue weighted by atomic mass is 19.1. The molecule has 1 aliphatic heterocycles. The molecule has 0 bridgehead atoms. The van der Waals surface area contributed by atoms with Crippen molar-refractivity contribution in [2.75, 3.05) is 12.0 Å². The van der Waals surface area contributed by atoms with E-state index >= 15 is 0 Å². The van der Waals surface area contributed by atoms with Gasteiger partial charge < -0.3 is 19.8 Å². The van der Waals surface area contributed by atoms with Crippen molar-refractivity contribution in [2.24, 2.45) is 0 Å². The van der Waals surface area contributed by atoms with Crippen molar-refractivity contribution in [3.63, 3.8) is 0 Å². The third-order valence-corrected chi connectivity index (χ3v) is 5.65. The summed E-state index contributed by atoms with van der Waals surface area (Å²) in [5, 5.41) is 19.7. The molecule has 1 heterocycles. The fourth-order valence-electron chi connectivity index (χ4n) is 3.97. The van der Waals surface area contributed by atoms with Crippen molar-refractivity contribution in [3.8, 4) is 11.5 Å². The van der Waals surface area contributed by atoms with E-state index in [1.54, 1.807) is 37.4 Å². The van der Waals surface area contributed by atoms with Crippen LogP contribution in [0.15, 0.2) is 66.7 Å². The molecule has 2 N–H and O–H groups in total. The van der Waals surface area contributed by atoms with Crippen LogP contribution in [0.25, 0.3) is 11.8 Å². The number of halogens is 1. The quantitative estimate of drug-likeness (QED) is 0.576. The lowest BCUT2D eigenvalue weighted by Gasteiger charge is -2.40. The normalized spacial score (nSPS) is 16.2. The van der Waals surface area contributed by atoms with E-state index < -0.39 is 18.0 Å². The van der Waals surface area contributed by atoms with Gasteiger partial charge in [-0.25, -0.2) is 4.39 Å². The predicted molar refractivity (Wildman–Crippen MR) is 122 cm³/mol. The Morgan fingerprint density at radius 1 is 1.09 bits per heavy atom. The van der Waals surface area contributed by atoms with E-state index in [9.17, 15) is 19.4 Å². The molecule has 3 aromatic carbocycles. The number of phenolic OH excluding ortho intramolecular Hbond substituents is 1. The molecule has 32 heavy (non-hydrogen) atoms. The molecule has 0 saturated carbocycles. The summed E-state index contributed by atoms with van der Waals surface area (Å²) in [6.45, 7) is 1.43. The molecule has 164 valence electrons. The summed E-state index contributed by atoms with van der Waals surface area (Å²) in [5.74, 6) is 0.0867. The number of phenols is 1. The van der Waals surface area contributed by atoms with Crippen molar-refractivity contribution >= 4 is 23.2 Å². The minimum Gasteiger partial charge on any atom is -0.508 e. The lowest BCUT2D eigenvalue weighted by molar-refractivity contribution is -0.126. The van der Waals surface area contributed by atoms with E-state index in [-0.39, 0.29) is 18.0 Å². The van der Waals surface area contributed by atoms with E-state index in [0.717, 1.165) is 22.5 Å². The first-order chi connectivity index (χ1) is 15.4. The number of hydrogen-bond donors (Lipinski definition) is 2. The highest BCUT2D eigenvalue weighted by Crippen LogP contribution is 2.44. The van der Waals surface area contributed by atoms with E-state index in [0.29, 0.717) is 11.3 Å². The summed E-state index contributed by atoms with van der Waals surface area (Å²) >= 11 is 0. The topological polar surface area (TPSA) is 70.0 Å². The van der Waals surface area contributed by atoms with Crippen molar-refractivity contribution in [3.05, 3.63) is 89.2 Å². The van der Waals surface area contributed by atoms with Gasteiger partial charge in [0.15, 0.2) is 5.78 Å². The zero-order valence-electron chi connectivity index (χ0n) is 17.8. The number of ketones is 1. The van der Waals surface area contributed by atoms with Gasteiger partial charge in [-0.15, -0.1) is 0 Å². The maximum Gasteiger partial charge on any atom is 0.163 e. The molecule has 0 saturated heterocycles. The molecule has 1 aliphatic rings. The Balaban J connectivity index is 1.92. The molecule has 0 fully saturated rings. The number of Topliss-reactive ketones (excluding diaryl/α,β-unsaturated/α-hetero) is 1. The molecule has 0 spiro atoms. The first-order valence-corrected chi connectivity index (χ1v) is 10.3. The Labute approximate surface area is 186 Å². The number of anilines is 1. The maximum absolute atomic E-state index is 14.2. The van der Waals surface area contributed by atoms with Crippen LogP contribution in [0.2, 0.25) is 0 Å². The number of rotatable bonds is 6. The summed E-state index contributed by atoms with van der Waals surface area (Å²) in [4.78, 5) is 14.6. The first kappa shape index (κ1) is 21.6. The second-order valence-electron chi connectivity index (χ2n) is 7.78. The third-order valence-electron chi connectivity index (χ3n) is 5.65. The molecule has 5 nitrogen and oxygen atoms in total. The van der Waals surface area contributed by atoms with Crippen LogP contribution in [0, 0.1) is 5.82 Å². The van der Waals surface area contributed by atoms with Gasteiger partial charge in [0.2, 0.25) is 0 Å². The van der Waals surface area contributed by atoms with Gasteiger partial charge in [0.05, 0.1) is 13.2 Å². The van der Waals surface area contributed by atoms with Gasteiger partial charge in [0, 0.05) is 17.8 Å². The van der Waals surface area contributed by atoms with Gasteiger partial charge in [0.25, 0.3) is 0 Å². The Kier molecular flexibility index (Phi) is 5.97. The number of methoxy groups -OCH3 is 1. The van der Waals surface area contributed by atoms with Crippen molar-refractivity contribution in [1.29, 1.82) is 0 Å². The van der Waals surface area contributed by atoms with Gasteiger partial charge in [-0.05, 0) is 90.4 Å². The van der Waals surface area contributed by atoms with Gasteiger partial charge in [-0.3, -0.25) is 4.79 Å². The summed E-state index contributed by atoms with van der Waals surface area (Å²) in [7, 11) is 1.60. The predicted octanol–water partition coefficient (Wildman–Crippen LogP) is 4.94. The van der Waals surface area contributed by atoms with Crippen molar-refractivity contribution in [2.45, 2.75) is 25.5 Å². The molecular weight excluding hydrogens is 409 g/mol. The monoisotopic (exact) mass is 433 g/mol. The number of carbonyl (C=O) groups excluding carboxylic acids is 1. The Morgan fingerprint density at radius 2 is 1.78 bits per heavy atom. The number of nitrogens with zero attached hydrogens (tertiary/aromatic N) is 1. The standard InChI is InChI=1S/C26H24FNO4/c1-16(29)26(31)15-25-23-14-19(27)6-3-18(23)13-24(17-4-11-22(32-2)12-5-17)28(25)20-7-9-21(30)10-8-20/h3-14,16,25,29-30H,15H2,1-2H3. The van der Waals surface area contributed by atoms with Gasteiger partial charge >= 0.3 is 0 Å². The lowest BCUT2D eigenvalue weighted by Crippen LogP contribution is -2.34. The lowest BCUT2D eigenvalue weighted by atomic mass is 9.87. The van der Waals surface area contributed by atoms with Crippen LogP contribution in [-0.2, 0) is 4.79 Å². The van der Waals surface area contributed by atoms with Gasteiger partial charge in [0.1, 0.15) is 23.4 Å². The van der Waals surface area contributed by atoms with Crippen LogP contribution in [-0.4, -0.2) is 29.2 Å². The molecule has 0 aliphatic carbocycles. The smallest absolute Gasteiger partial charge is 0.163 e. The number of aliphatic hydroxyl groups is 1. The highest BCUT2D eigenvalue weighted by Gasteiger charge is 2.33. The zero-order chi connectivity index (χ0) is 22.8. The zero-order valence-corrected chi connectivity index (χ0v) is 17.8. The highest BCUT2D eigenvalue weighted by molar-refractivity contribution is 5.95. The van der Waals surface area contributed by atoms with Crippen LogP contribution >= 0.6 is 0 Å². The maximum atomic E-state index is 14.2. The minimum atomic E-state index is -1.14. The Bertz CT molecular complexity index is 1150. The second kappa shape index (κ2) is 8.85. The third kappa shape index (κ3) is 4.22. The van der Waals surface area contributed by atoms with Gasteiger partial charge in [-0.2, -0.15) is 0 Å². The number of aliphatic hydroxyl groups excluding tert-OH is 1. The molecule has 2 atom stereocenters. The number of carbonyl (C=O) groups is 1. The number of fused-ring (bicyclic) bond motifs is 1. The summed E-state index contributed by atoms with van der Waals surface area (Å²) in [6, 6.07) is 18.1.